The fraction of sp³-hybridized carbons (Fsp3) is 0.571. The van der Waals surface area contributed by atoms with E-state index in [1.54, 1.807) is 0 Å². The van der Waals surface area contributed by atoms with E-state index in [9.17, 15) is 18.0 Å². The fourth-order valence-electron chi connectivity index (χ4n) is 0.956. The van der Waals surface area contributed by atoms with Crippen LogP contribution in [0.2, 0.25) is 0 Å². The highest BCUT2D eigenvalue weighted by Gasteiger charge is 2.30. The van der Waals surface area contributed by atoms with Gasteiger partial charge in [0.05, 0.1) is 5.75 Å². The number of rotatable bonds is 4. The van der Waals surface area contributed by atoms with Crippen molar-refractivity contribution in [1.29, 1.82) is 0 Å². The molecule has 0 saturated carbocycles. The van der Waals surface area contributed by atoms with Crippen LogP contribution >= 0.6 is 11.8 Å². The van der Waals surface area contributed by atoms with Crippen molar-refractivity contribution in [3.8, 4) is 0 Å². The Morgan fingerprint density at radius 3 is 2.62 bits per heavy atom. The SMILES string of the molecule is Cc1nnc(SCC(=O)O)n1CC(F)(F)F. The number of halogens is 3. The molecule has 0 amide bonds. The molecule has 0 spiro atoms. The molecule has 1 aromatic heterocycles. The lowest BCUT2D eigenvalue weighted by atomic mass is 10.6. The van der Waals surface area contributed by atoms with E-state index in [-0.39, 0.29) is 16.7 Å². The van der Waals surface area contributed by atoms with Crippen molar-refractivity contribution >= 4 is 17.7 Å². The summed E-state index contributed by atoms with van der Waals surface area (Å²) in [6.45, 7) is 0.164. The van der Waals surface area contributed by atoms with Gasteiger partial charge in [0.15, 0.2) is 5.16 Å². The number of thioether (sulfide) groups is 1. The maximum atomic E-state index is 12.2. The van der Waals surface area contributed by atoms with Crippen molar-refractivity contribution < 1.29 is 23.1 Å². The Morgan fingerprint density at radius 2 is 2.12 bits per heavy atom. The topological polar surface area (TPSA) is 68.0 Å². The molecule has 5 nitrogen and oxygen atoms in total. The van der Waals surface area contributed by atoms with Crippen LogP contribution in [0.5, 0.6) is 0 Å². The highest BCUT2D eigenvalue weighted by molar-refractivity contribution is 7.99. The molecule has 1 aromatic rings. The largest absolute Gasteiger partial charge is 0.481 e. The first-order valence-corrected chi connectivity index (χ1v) is 5.09. The summed E-state index contributed by atoms with van der Waals surface area (Å²) in [5.41, 5.74) is 0. The quantitative estimate of drug-likeness (QED) is 0.822. The molecule has 1 rings (SSSR count). The number of alkyl halides is 3. The first-order chi connectivity index (χ1) is 7.29. The average Bonchev–Trinajstić information content (AvgIpc) is 2.43. The molecule has 0 unspecified atom stereocenters. The third-order valence-electron chi connectivity index (χ3n) is 1.56. The van der Waals surface area contributed by atoms with Gasteiger partial charge in [-0.05, 0) is 6.92 Å². The molecule has 0 aliphatic rings. The lowest BCUT2D eigenvalue weighted by Gasteiger charge is -2.10. The summed E-state index contributed by atoms with van der Waals surface area (Å²) in [4.78, 5) is 10.3. The van der Waals surface area contributed by atoms with Gasteiger partial charge in [-0.2, -0.15) is 13.2 Å². The van der Waals surface area contributed by atoms with Crippen LogP contribution in [0.25, 0.3) is 0 Å². The van der Waals surface area contributed by atoms with Crippen LogP contribution in [-0.4, -0.2) is 37.8 Å². The monoisotopic (exact) mass is 255 g/mol. The summed E-state index contributed by atoms with van der Waals surface area (Å²) in [5.74, 6) is -1.37. The van der Waals surface area contributed by atoms with E-state index >= 15 is 0 Å². The Balaban J connectivity index is 2.81. The lowest BCUT2D eigenvalue weighted by molar-refractivity contribution is -0.142. The number of hydrogen-bond acceptors (Lipinski definition) is 4. The van der Waals surface area contributed by atoms with Gasteiger partial charge in [-0.3, -0.25) is 9.36 Å². The zero-order valence-corrected chi connectivity index (χ0v) is 8.97. The molecule has 0 atom stereocenters. The summed E-state index contributed by atoms with van der Waals surface area (Å²) in [5, 5.41) is 15.3. The van der Waals surface area contributed by atoms with Gasteiger partial charge in [-0.25, -0.2) is 0 Å². The number of aliphatic carboxylic acids is 1. The van der Waals surface area contributed by atoms with Gasteiger partial charge < -0.3 is 5.11 Å². The summed E-state index contributed by atoms with van der Waals surface area (Å²) in [7, 11) is 0. The normalized spacial score (nSPS) is 11.8. The Labute approximate surface area is 92.7 Å². The Kier molecular flexibility index (Phi) is 3.79. The molecule has 0 radical (unpaired) electrons. The minimum absolute atomic E-state index is 0.0442. The smallest absolute Gasteiger partial charge is 0.406 e. The number of carboxylic acid groups (broad SMARTS) is 1. The van der Waals surface area contributed by atoms with Crippen LogP contribution in [0.1, 0.15) is 5.82 Å². The van der Waals surface area contributed by atoms with Gasteiger partial charge >= 0.3 is 12.1 Å². The summed E-state index contributed by atoms with van der Waals surface area (Å²) >= 11 is 0.706. The third kappa shape index (κ3) is 3.72. The molecule has 0 aliphatic heterocycles. The molecule has 1 N–H and O–H groups in total. The predicted molar refractivity (Wildman–Crippen MR) is 49.2 cm³/mol. The van der Waals surface area contributed by atoms with E-state index in [0.29, 0.717) is 11.8 Å². The van der Waals surface area contributed by atoms with Crippen molar-refractivity contribution in [3.05, 3.63) is 5.82 Å². The maximum absolute atomic E-state index is 12.2. The lowest BCUT2D eigenvalue weighted by Crippen LogP contribution is -2.19. The number of aryl methyl sites for hydroxylation is 1. The molecule has 0 aliphatic carbocycles. The fourth-order valence-corrected chi connectivity index (χ4v) is 1.66. The molecule has 0 saturated heterocycles. The van der Waals surface area contributed by atoms with E-state index in [2.05, 4.69) is 10.2 Å². The van der Waals surface area contributed by atoms with Crippen LogP contribution in [0.3, 0.4) is 0 Å². The highest BCUT2D eigenvalue weighted by atomic mass is 32.2. The molecule has 16 heavy (non-hydrogen) atoms. The standard InChI is InChI=1S/C7H8F3N3O2S/c1-4-11-12-6(16-2-5(14)15)13(4)3-7(8,9)10/h2-3H2,1H3,(H,14,15). The molecular formula is C7H8F3N3O2S. The predicted octanol–water partition coefficient (Wildman–Crippen LogP) is 1.33. The van der Waals surface area contributed by atoms with E-state index in [1.807, 2.05) is 0 Å². The van der Waals surface area contributed by atoms with Crippen LogP contribution in [0, 0.1) is 6.92 Å². The average molecular weight is 255 g/mol. The van der Waals surface area contributed by atoms with Crippen molar-refractivity contribution in [2.75, 3.05) is 5.75 Å². The van der Waals surface area contributed by atoms with Gasteiger partial charge in [0.1, 0.15) is 12.4 Å². The van der Waals surface area contributed by atoms with Crippen molar-refractivity contribution in [1.82, 2.24) is 14.8 Å². The molecule has 90 valence electrons. The van der Waals surface area contributed by atoms with E-state index < -0.39 is 18.7 Å². The second kappa shape index (κ2) is 4.73. The number of carbonyl (C=O) groups is 1. The van der Waals surface area contributed by atoms with E-state index in [4.69, 9.17) is 5.11 Å². The molecule has 9 heteroatoms. The van der Waals surface area contributed by atoms with Crippen molar-refractivity contribution in [3.63, 3.8) is 0 Å². The number of carboxylic acids is 1. The van der Waals surface area contributed by atoms with Gasteiger partial charge in [-0.15, -0.1) is 10.2 Å². The Bertz CT molecular complexity index is 391. The minimum Gasteiger partial charge on any atom is -0.481 e. The third-order valence-corrected chi connectivity index (χ3v) is 2.52. The van der Waals surface area contributed by atoms with Gasteiger partial charge in [0.2, 0.25) is 0 Å². The van der Waals surface area contributed by atoms with Crippen LogP contribution in [0.4, 0.5) is 13.2 Å². The van der Waals surface area contributed by atoms with Gasteiger partial charge in [0, 0.05) is 0 Å². The second-order valence-corrected chi connectivity index (χ2v) is 3.86. The maximum Gasteiger partial charge on any atom is 0.406 e. The van der Waals surface area contributed by atoms with Crippen molar-refractivity contribution in [2.24, 2.45) is 0 Å². The molecular weight excluding hydrogens is 247 g/mol. The van der Waals surface area contributed by atoms with Crippen LogP contribution in [0.15, 0.2) is 5.16 Å². The van der Waals surface area contributed by atoms with Crippen LogP contribution < -0.4 is 0 Å². The molecule has 1 heterocycles. The summed E-state index contributed by atoms with van der Waals surface area (Å²) < 4.78 is 37.4. The Hall–Kier alpha value is -1.25. The molecule has 0 fully saturated rings. The zero-order valence-electron chi connectivity index (χ0n) is 8.15. The van der Waals surface area contributed by atoms with Gasteiger partial charge in [-0.1, -0.05) is 11.8 Å². The highest BCUT2D eigenvalue weighted by Crippen LogP contribution is 2.23. The molecule has 0 bridgehead atoms. The summed E-state index contributed by atoms with van der Waals surface area (Å²) in [6.07, 6.45) is -4.38. The number of hydrogen-bond donors (Lipinski definition) is 1. The van der Waals surface area contributed by atoms with Crippen molar-refractivity contribution in [2.45, 2.75) is 24.8 Å². The first-order valence-electron chi connectivity index (χ1n) is 4.11. The second-order valence-electron chi connectivity index (χ2n) is 2.91. The Morgan fingerprint density at radius 1 is 1.50 bits per heavy atom. The van der Waals surface area contributed by atoms with Crippen LogP contribution in [-0.2, 0) is 11.3 Å². The first kappa shape index (κ1) is 12.8. The van der Waals surface area contributed by atoms with E-state index in [1.165, 1.54) is 6.92 Å². The number of aromatic nitrogens is 3. The molecule has 0 aromatic carbocycles. The number of nitrogens with zero attached hydrogens (tertiary/aromatic N) is 3. The minimum atomic E-state index is -4.38. The van der Waals surface area contributed by atoms with Gasteiger partial charge in [0.25, 0.3) is 0 Å². The van der Waals surface area contributed by atoms with E-state index in [0.717, 1.165) is 4.57 Å². The zero-order chi connectivity index (χ0) is 12.3. The summed E-state index contributed by atoms with van der Waals surface area (Å²) in [6, 6.07) is 0.